The number of fused-ring (bicyclic) bond motifs is 1. The summed E-state index contributed by atoms with van der Waals surface area (Å²) in [6.45, 7) is 4.12. The van der Waals surface area contributed by atoms with Crippen molar-refractivity contribution in [1.82, 2.24) is 19.9 Å². The highest BCUT2D eigenvalue weighted by atomic mass is 16.3. The van der Waals surface area contributed by atoms with Gasteiger partial charge in [0.15, 0.2) is 5.65 Å². The Morgan fingerprint density at radius 2 is 2.39 bits per heavy atom. The van der Waals surface area contributed by atoms with Gasteiger partial charge in [0.1, 0.15) is 5.56 Å². The second kappa shape index (κ2) is 5.14. The van der Waals surface area contributed by atoms with E-state index in [0.29, 0.717) is 23.4 Å². The fourth-order valence-corrected chi connectivity index (χ4v) is 1.68. The Bertz CT molecular complexity index is 564. The van der Waals surface area contributed by atoms with Crippen LogP contribution in [0.3, 0.4) is 0 Å². The Balaban J connectivity index is 2.25. The molecule has 0 aliphatic rings. The first kappa shape index (κ1) is 12.5. The molecule has 1 atom stereocenters. The minimum absolute atomic E-state index is 0.0315. The Morgan fingerprint density at radius 3 is 3.11 bits per heavy atom. The van der Waals surface area contributed by atoms with E-state index in [1.807, 2.05) is 6.92 Å². The van der Waals surface area contributed by atoms with Gasteiger partial charge in [-0.1, -0.05) is 6.92 Å². The summed E-state index contributed by atoms with van der Waals surface area (Å²) < 4.78 is 1.58. The van der Waals surface area contributed by atoms with Crippen molar-refractivity contribution >= 4 is 11.6 Å². The molecule has 0 saturated carbocycles. The molecule has 0 aliphatic heterocycles. The van der Waals surface area contributed by atoms with Crippen molar-refractivity contribution in [2.75, 3.05) is 13.2 Å². The summed E-state index contributed by atoms with van der Waals surface area (Å²) in [4.78, 5) is 16.2. The molecule has 6 nitrogen and oxygen atoms in total. The van der Waals surface area contributed by atoms with Crippen molar-refractivity contribution in [3.8, 4) is 0 Å². The molecular weight excluding hydrogens is 232 g/mol. The van der Waals surface area contributed by atoms with Crippen LogP contribution in [0, 0.1) is 12.8 Å². The van der Waals surface area contributed by atoms with E-state index in [2.05, 4.69) is 15.4 Å². The van der Waals surface area contributed by atoms with Crippen molar-refractivity contribution in [3.05, 3.63) is 29.7 Å². The highest BCUT2D eigenvalue weighted by molar-refractivity contribution is 6.00. The van der Waals surface area contributed by atoms with Gasteiger partial charge >= 0.3 is 0 Å². The van der Waals surface area contributed by atoms with E-state index < -0.39 is 0 Å². The molecule has 2 heterocycles. The zero-order chi connectivity index (χ0) is 13.1. The lowest BCUT2D eigenvalue weighted by Gasteiger charge is -2.09. The van der Waals surface area contributed by atoms with Crippen LogP contribution in [0.15, 0.2) is 18.5 Å². The fraction of sp³-hybridized carbons (Fsp3) is 0.417. The molecular formula is C12H16N4O2. The van der Waals surface area contributed by atoms with E-state index in [-0.39, 0.29) is 18.4 Å². The number of nitrogens with one attached hydrogen (secondary N) is 1. The summed E-state index contributed by atoms with van der Waals surface area (Å²) in [5, 5.41) is 15.9. The van der Waals surface area contributed by atoms with E-state index in [4.69, 9.17) is 5.11 Å². The van der Waals surface area contributed by atoms with Crippen LogP contribution < -0.4 is 5.32 Å². The van der Waals surface area contributed by atoms with Crippen LogP contribution in [0.4, 0.5) is 0 Å². The maximum absolute atomic E-state index is 12.1. The monoisotopic (exact) mass is 248 g/mol. The minimum atomic E-state index is -0.207. The molecule has 18 heavy (non-hydrogen) atoms. The van der Waals surface area contributed by atoms with Crippen molar-refractivity contribution in [1.29, 1.82) is 0 Å². The number of carbonyl (C=O) groups is 1. The van der Waals surface area contributed by atoms with Crippen molar-refractivity contribution in [2.45, 2.75) is 13.8 Å². The van der Waals surface area contributed by atoms with Gasteiger partial charge in [0, 0.05) is 25.5 Å². The van der Waals surface area contributed by atoms with Gasteiger partial charge in [0.2, 0.25) is 0 Å². The van der Waals surface area contributed by atoms with Crippen molar-refractivity contribution < 1.29 is 9.90 Å². The summed E-state index contributed by atoms with van der Waals surface area (Å²) in [6, 6.07) is 1.76. The van der Waals surface area contributed by atoms with Crippen LogP contribution in [0.2, 0.25) is 0 Å². The molecule has 1 amide bonds. The number of hydrogen-bond acceptors (Lipinski definition) is 4. The number of aryl methyl sites for hydroxylation is 1. The zero-order valence-electron chi connectivity index (χ0n) is 10.4. The number of nitrogens with zero attached hydrogens (tertiary/aromatic N) is 3. The predicted octanol–water partition coefficient (Wildman–Crippen LogP) is 0.396. The normalized spacial score (nSPS) is 12.6. The maximum atomic E-state index is 12.1. The average molecular weight is 248 g/mol. The summed E-state index contributed by atoms with van der Waals surface area (Å²) in [5.41, 5.74) is 1.67. The van der Waals surface area contributed by atoms with Crippen LogP contribution >= 0.6 is 0 Å². The Morgan fingerprint density at radius 1 is 1.61 bits per heavy atom. The highest BCUT2D eigenvalue weighted by Gasteiger charge is 2.18. The van der Waals surface area contributed by atoms with Crippen LogP contribution in [0.5, 0.6) is 0 Å². The third-order valence-electron chi connectivity index (χ3n) is 2.72. The molecule has 0 radical (unpaired) electrons. The molecule has 2 N–H and O–H groups in total. The van der Waals surface area contributed by atoms with Gasteiger partial charge in [-0.2, -0.15) is 5.10 Å². The van der Waals surface area contributed by atoms with Gasteiger partial charge in [-0.05, 0) is 18.9 Å². The molecule has 96 valence electrons. The number of rotatable bonds is 4. The minimum Gasteiger partial charge on any atom is -0.396 e. The zero-order valence-corrected chi connectivity index (χ0v) is 10.4. The standard InChI is InChI=1S/C12H16N4O2/c1-8(7-17)6-14-12(18)10-9(2)15-16-5-3-4-13-11(10)16/h3-5,8,17H,6-7H2,1-2H3,(H,14,18). The SMILES string of the molecule is Cc1nn2cccnc2c1C(=O)NCC(C)CO. The van der Waals surface area contributed by atoms with E-state index in [9.17, 15) is 4.79 Å². The number of carbonyl (C=O) groups excluding carboxylic acids is 1. The third-order valence-corrected chi connectivity index (χ3v) is 2.72. The Hall–Kier alpha value is -1.95. The molecule has 2 aromatic heterocycles. The van der Waals surface area contributed by atoms with Gasteiger partial charge in [-0.3, -0.25) is 4.79 Å². The lowest BCUT2D eigenvalue weighted by atomic mass is 10.2. The number of hydrogen-bond donors (Lipinski definition) is 2. The summed E-state index contributed by atoms with van der Waals surface area (Å²) in [7, 11) is 0. The topological polar surface area (TPSA) is 79.5 Å². The average Bonchev–Trinajstić information content (AvgIpc) is 2.71. The lowest BCUT2D eigenvalue weighted by molar-refractivity contribution is 0.0943. The third kappa shape index (κ3) is 2.33. The molecule has 0 aliphatic carbocycles. The van der Waals surface area contributed by atoms with E-state index >= 15 is 0 Å². The molecule has 0 bridgehead atoms. The van der Waals surface area contributed by atoms with Gasteiger partial charge < -0.3 is 10.4 Å². The fourth-order valence-electron chi connectivity index (χ4n) is 1.68. The molecule has 0 spiro atoms. The van der Waals surface area contributed by atoms with Gasteiger partial charge in [-0.25, -0.2) is 9.50 Å². The summed E-state index contributed by atoms with van der Waals surface area (Å²) in [6.07, 6.45) is 3.38. The smallest absolute Gasteiger partial charge is 0.257 e. The Kier molecular flexibility index (Phi) is 3.57. The number of aliphatic hydroxyl groups is 1. The molecule has 2 aromatic rings. The molecule has 0 aromatic carbocycles. The Labute approximate surface area is 105 Å². The summed E-state index contributed by atoms with van der Waals surface area (Å²) >= 11 is 0. The van der Waals surface area contributed by atoms with Crippen LogP contribution in [-0.2, 0) is 0 Å². The van der Waals surface area contributed by atoms with Crippen LogP contribution in [0.1, 0.15) is 23.0 Å². The van der Waals surface area contributed by atoms with Crippen LogP contribution in [-0.4, -0.2) is 38.8 Å². The largest absolute Gasteiger partial charge is 0.396 e. The molecule has 0 saturated heterocycles. The quantitative estimate of drug-likeness (QED) is 0.820. The summed E-state index contributed by atoms with van der Waals surface area (Å²) in [5.74, 6) is -0.175. The molecule has 2 rings (SSSR count). The first-order valence-corrected chi connectivity index (χ1v) is 5.82. The molecule has 1 unspecified atom stereocenters. The van der Waals surface area contributed by atoms with Gasteiger partial charge in [0.05, 0.1) is 5.69 Å². The van der Waals surface area contributed by atoms with Gasteiger partial charge in [0.25, 0.3) is 5.91 Å². The number of amides is 1. The first-order chi connectivity index (χ1) is 8.63. The second-order valence-electron chi connectivity index (χ2n) is 4.35. The molecule has 6 heteroatoms. The highest BCUT2D eigenvalue weighted by Crippen LogP contribution is 2.12. The van der Waals surface area contributed by atoms with E-state index in [1.54, 1.807) is 29.9 Å². The molecule has 0 fully saturated rings. The predicted molar refractivity (Wildman–Crippen MR) is 66.3 cm³/mol. The number of aliphatic hydroxyl groups excluding tert-OH is 1. The van der Waals surface area contributed by atoms with Crippen molar-refractivity contribution in [2.24, 2.45) is 5.92 Å². The second-order valence-corrected chi connectivity index (χ2v) is 4.35. The van der Waals surface area contributed by atoms with E-state index in [0.717, 1.165) is 0 Å². The van der Waals surface area contributed by atoms with Crippen molar-refractivity contribution in [3.63, 3.8) is 0 Å². The van der Waals surface area contributed by atoms with Gasteiger partial charge in [-0.15, -0.1) is 0 Å². The van der Waals surface area contributed by atoms with E-state index in [1.165, 1.54) is 0 Å². The first-order valence-electron chi connectivity index (χ1n) is 5.82. The van der Waals surface area contributed by atoms with Crippen LogP contribution in [0.25, 0.3) is 5.65 Å². The lowest BCUT2D eigenvalue weighted by Crippen LogP contribution is -2.30. The number of aromatic nitrogens is 3. The maximum Gasteiger partial charge on any atom is 0.257 e.